The number of hydrogen-bond acceptors (Lipinski definition) is 4. The third-order valence-electron chi connectivity index (χ3n) is 4.71. The average Bonchev–Trinajstić information content (AvgIpc) is 2.72. The molecule has 3 rings (SSSR count). The lowest BCUT2D eigenvalue weighted by atomic mass is 10.1. The molecule has 0 radical (unpaired) electrons. The maximum Gasteiger partial charge on any atom is 0.261 e. The molecule has 2 aromatic carbocycles. The number of piperidine rings is 1. The Morgan fingerprint density at radius 1 is 1.14 bits per heavy atom. The van der Waals surface area contributed by atoms with E-state index in [1.54, 1.807) is 6.07 Å². The average molecular weight is 418 g/mol. The van der Waals surface area contributed by atoms with Crippen LogP contribution in [-0.4, -0.2) is 34.0 Å². The molecule has 8 heteroatoms. The number of carbonyl (C=O) groups is 1. The number of halogens is 1. The van der Waals surface area contributed by atoms with Crippen LogP contribution in [0.25, 0.3) is 0 Å². The van der Waals surface area contributed by atoms with Crippen molar-refractivity contribution < 1.29 is 17.6 Å². The molecule has 0 spiro atoms. The molecule has 0 saturated carbocycles. The summed E-state index contributed by atoms with van der Waals surface area (Å²) in [5.41, 5.74) is 1.05. The summed E-state index contributed by atoms with van der Waals surface area (Å²) in [6.45, 7) is 5.38. The van der Waals surface area contributed by atoms with Crippen LogP contribution in [0.5, 0.6) is 0 Å². The van der Waals surface area contributed by atoms with Crippen LogP contribution < -0.4 is 14.9 Å². The van der Waals surface area contributed by atoms with Gasteiger partial charge in [0.15, 0.2) is 0 Å². The van der Waals surface area contributed by atoms with E-state index in [0.29, 0.717) is 5.69 Å². The fraction of sp³-hybridized carbons (Fsp3) is 0.286. The van der Waals surface area contributed by atoms with Crippen LogP contribution in [0.3, 0.4) is 0 Å². The van der Waals surface area contributed by atoms with Gasteiger partial charge in [-0.1, -0.05) is 12.1 Å². The molecule has 1 aliphatic rings. The number of sulfonamides is 1. The molecule has 2 aromatic rings. The first-order valence-corrected chi connectivity index (χ1v) is 11.0. The van der Waals surface area contributed by atoms with Crippen molar-refractivity contribution in [2.24, 2.45) is 0 Å². The zero-order valence-electron chi connectivity index (χ0n) is 16.0. The summed E-state index contributed by atoms with van der Waals surface area (Å²) >= 11 is 0. The first-order valence-electron chi connectivity index (χ1n) is 9.47. The van der Waals surface area contributed by atoms with Crippen molar-refractivity contribution in [3.05, 3.63) is 66.5 Å². The van der Waals surface area contributed by atoms with Crippen molar-refractivity contribution in [2.45, 2.75) is 24.2 Å². The molecular weight excluding hydrogens is 393 g/mol. The number of carbonyl (C=O) groups excluding carboxylic acids is 1. The van der Waals surface area contributed by atoms with E-state index in [1.165, 1.54) is 42.5 Å². The summed E-state index contributed by atoms with van der Waals surface area (Å²) in [5, 5.41) is 2.61. The molecule has 1 heterocycles. The molecule has 1 saturated heterocycles. The Morgan fingerprint density at radius 2 is 1.90 bits per heavy atom. The third-order valence-corrected chi connectivity index (χ3v) is 6.08. The van der Waals surface area contributed by atoms with Gasteiger partial charge in [-0.25, -0.2) is 12.8 Å². The third kappa shape index (κ3) is 5.14. The van der Waals surface area contributed by atoms with E-state index >= 15 is 0 Å². The van der Waals surface area contributed by atoms with Gasteiger partial charge in [0.05, 0.1) is 16.3 Å². The number of amides is 1. The summed E-state index contributed by atoms with van der Waals surface area (Å²) in [6, 6.07) is 9.81. The number of nitrogens with one attached hydrogen (secondary N) is 2. The number of benzene rings is 2. The Hall–Kier alpha value is -2.87. The van der Waals surface area contributed by atoms with E-state index in [1.807, 2.05) is 0 Å². The Balaban J connectivity index is 1.89. The van der Waals surface area contributed by atoms with Crippen molar-refractivity contribution in [1.82, 2.24) is 5.32 Å². The van der Waals surface area contributed by atoms with E-state index in [4.69, 9.17) is 0 Å². The molecule has 0 unspecified atom stereocenters. The van der Waals surface area contributed by atoms with Gasteiger partial charge in [0.2, 0.25) is 0 Å². The van der Waals surface area contributed by atoms with E-state index in [9.17, 15) is 17.6 Å². The minimum absolute atomic E-state index is 0.0717. The summed E-state index contributed by atoms with van der Waals surface area (Å²) in [6.07, 6.45) is 4.67. The number of anilines is 2. The minimum atomic E-state index is -4.01. The Bertz CT molecular complexity index is 1000. The van der Waals surface area contributed by atoms with E-state index in [2.05, 4.69) is 21.5 Å². The van der Waals surface area contributed by atoms with Crippen LogP contribution in [0.1, 0.15) is 29.6 Å². The maximum atomic E-state index is 13.9. The molecule has 1 fully saturated rings. The normalized spacial score (nSPS) is 14.3. The molecule has 1 amide bonds. The van der Waals surface area contributed by atoms with Crippen molar-refractivity contribution in [1.29, 1.82) is 0 Å². The first-order chi connectivity index (χ1) is 13.9. The Morgan fingerprint density at radius 3 is 2.62 bits per heavy atom. The highest BCUT2D eigenvalue weighted by atomic mass is 32.2. The van der Waals surface area contributed by atoms with Crippen LogP contribution in [0.2, 0.25) is 0 Å². The fourth-order valence-electron chi connectivity index (χ4n) is 3.28. The van der Waals surface area contributed by atoms with Crippen LogP contribution in [0.15, 0.2) is 60.0 Å². The molecule has 6 nitrogen and oxygen atoms in total. The second-order valence-corrected chi connectivity index (χ2v) is 8.52. The molecule has 154 valence electrons. The van der Waals surface area contributed by atoms with Gasteiger partial charge in [-0.15, -0.1) is 6.58 Å². The summed E-state index contributed by atoms with van der Waals surface area (Å²) in [5.74, 6) is -0.928. The predicted molar refractivity (Wildman–Crippen MR) is 112 cm³/mol. The van der Waals surface area contributed by atoms with Gasteiger partial charge in [-0.3, -0.25) is 9.52 Å². The first kappa shape index (κ1) is 20.9. The zero-order chi connectivity index (χ0) is 20.9. The van der Waals surface area contributed by atoms with Crippen molar-refractivity contribution in [3.8, 4) is 0 Å². The van der Waals surface area contributed by atoms with Crippen LogP contribution in [-0.2, 0) is 10.0 Å². The molecule has 0 aliphatic carbocycles. The van der Waals surface area contributed by atoms with Gasteiger partial charge in [-0.05, 0) is 49.6 Å². The van der Waals surface area contributed by atoms with Crippen LogP contribution >= 0.6 is 0 Å². The van der Waals surface area contributed by atoms with Crippen molar-refractivity contribution in [3.63, 3.8) is 0 Å². The smallest absolute Gasteiger partial charge is 0.261 e. The Kier molecular flexibility index (Phi) is 6.53. The highest BCUT2D eigenvalue weighted by molar-refractivity contribution is 7.92. The lowest BCUT2D eigenvalue weighted by Gasteiger charge is -2.30. The highest BCUT2D eigenvalue weighted by Crippen LogP contribution is 2.31. The number of hydrogen-bond donors (Lipinski definition) is 2. The SMILES string of the molecule is C=CCNC(=O)c1cccc(S(=O)(=O)Nc2cc(F)ccc2N2CCCCC2)c1. The van der Waals surface area contributed by atoms with Gasteiger partial charge < -0.3 is 10.2 Å². The number of nitrogens with zero attached hydrogens (tertiary/aromatic N) is 1. The van der Waals surface area contributed by atoms with Crippen molar-refractivity contribution >= 4 is 27.3 Å². The summed E-state index contributed by atoms with van der Waals surface area (Å²) < 4.78 is 42.2. The molecule has 0 bridgehead atoms. The Labute approximate surface area is 170 Å². The highest BCUT2D eigenvalue weighted by Gasteiger charge is 2.21. The van der Waals surface area contributed by atoms with E-state index in [-0.39, 0.29) is 22.7 Å². The summed E-state index contributed by atoms with van der Waals surface area (Å²) in [4.78, 5) is 14.1. The van der Waals surface area contributed by atoms with Gasteiger partial charge >= 0.3 is 0 Å². The zero-order valence-corrected chi connectivity index (χ0v) is 16.8. The monoisotopic (exact) mass is 417 g/mol. The van der Waals surface area contributed by atoms with E-state index in [0.717, 1.165) is 32.4 Å². The van der Waals surface area contributed by atoms with E-state index < -0.39 is 21.7 Å². The summed E-state index contributed by atoms with van der Waals surface area (Å²) in [7, 11) is -4.01. The van der Waals surface area contributed by atoms with Gasteiger partial charge in [0.25, 0.3) is 15.9 Å². The fourth-order valence-corrected chi connectivity index (χ4v) is 4.39. The quantitative estimate of drug-likeness (QED) is 0.676. The molecule has 0 atom stereocenters. The molecule has 2 N–H and O–H groups in total. The maximum absolute atomic E-state index is 13.9. The van der Waals surface area contributed by atoms with Gasteiger partial charge in [0.1, 0.15) is 5.82 Å². The second kappa shape index (κ2) is 9.09. The topological polar surface area (TPSA) is 78.5 Å². The van der Waals surface area contributed by atoms with Crippen LogP contribution in [0, 0.1) is 5.82 Å². The standard InChI is InChI=1S/C21H24FN3O3S/c1-2-11-23-21(26)16-7-6-8-18(14-16)29(27,28)24-19-15-17(22)9-10-20(19)25-12-4-3-5-13-25/h2,6-10,14-15,24H,1,3-5,11-13H2,(H,23,26). The largest absolute Gasteiger partial charge is 0.370 e. The van der Waals surface area contributed by atoms with Crippen molar-refractivity contribution in [2.75, 3.05) is 29.3 Å². The molecule has 0 aromatic heterocycles. The molecule has 29 heavy (non-hydrogen) atoms. The van der Waals surface area contributed by atoms with Crippen LogP contribution in [0.4, 0.5) is 15.8 Å². The van der Waals surface area contributed by atoms with Gasteiger partial charge in [0, 0.05) is 31.3 Å². The van der Waals surface area contributed by atoms with Gasteiger partial charge in [-0.2, -0.15) is 0 Å². The predicted octanol–water partition coefficient (Wildman–Crippen LogP) is 3.53. The lowest BCUT2D eigenvalue weighted by molar-refractivity contribution is 0.0958. The lowest BCUT2D eigenvalue weighted by Crippen LogP contribution is -2.30. The molecular formula is C21H24FN3O3S. The number of rotatable bonds is 7. The minimum Gasteiger partial charge on any atom is -0.370 e. The second-order valence-electron chi connectivity index (χ2n) is 6.84. The molecule has 1 aliphatic heterocycles.